The second-order valence-corrected chi connectivity index (χ2v) is 6.98. The van der Waals surface area contributed by atoms with Crippen LogP contribution in [0.2, 0.25) is 0 Å². The molecule has 2 heterocycles. The van der Waals surface area contributed by atoms with Crippen LogP contribution in [0.4, 0.5) is 10.6 Å². The fourth-order valence-corrected chi connectivity index (χ4v) is 2.71. The van der Waals surface area contributed by atoms with Crippen LogP contribution in [0.3, 0.4) is 0 Å². The van der Waals surface area contributed by atoms with Crippen molar-refractivity contribution in [1.29, 1.82) is 0 Å². The van der Waals surface area contributed by atoms with Crippen LogP contribution in [0.25, 0.3) is 0 Å². The zero-order valence-electron chi connectivity index (χ0n) is 14.3. The van der Waals surface area contributed by atoms with Crippen molar-refractivity contribution in [2.24, 2.45) is 0 Å². The number of anilines is 1. The van der Waals surface area contributed by atoms with Gasteiger partial charge in [-0.2, -0.15) is 0 Å². The van der Waals surface area contributed by atoms with Crippen molar-refractivity contribution in [2.75, 3.05) is 25.5 Å². The minimum atomic E-state index is -0.504. The fraction of sp³-hybridized carbons (Fsp3) is 0.647. The number of nitrogens with zero attached hydrogens (tertiary/aromatic N) is 3. The van der Waals surface area contributed by atoms with Gasteiger partial charge in [-0.15, -0.1) is 0 Å². The molecule has 5 heteroatoms. The van der Waals surface area contributed by atoms with Gasteiger partial charge in [0, 0.05) is 19.3 Å². The number of aromatic nitrogens is 1. The Bertz CT molecular complexity index is 508. The van der Waals surface area contributed by atoms with Crippen molar-refractivity contribution in [1.82, 2.24) is 9.88 Å². The molecule has 1 aliphatic heterocycles. The lowest BCUT2D eigenvalue weighted by Crippen LogP contribution is -2.34. The van der Waals surface area contributed by atoms with E-state index in [1.165, 1.54) is 29.7 Å². The van der Waals surface area contributed by atoms with Crippen molar-refractivity contribution in [3.63, 3.8) is 0 Å². The smallest absolute Gasteiger partial charge is 0.415 e. The number of pyridine rings is 1. The van der Waals surface area contributed by atoms with Gasteiger partial charge in [0.1, 0.15) is 11.4 Å². The predicted molar refractivity (Wildman–Crippen MR) is 88.1 cm³/mol. The Morgan fingerprint density at radius 2 is 2.09 bits per heavy atom. The highest BCUT2D eigenvalue weighted by atomic mass is 16.6. The average Bonchev–Trinajstić information content (AvgIpc) is 2.45. The summed E-state index contributed by atoms with van der Waals surface area (Å²) in [5, 5.41) is 0. The summed E-state index contributed by atoms with van der Waals surface area (Å²) in [7, 11) is 3.84. The molecule has 1 saturated heterocycles. The molecule has 122 valence electrons. The molecule has 5 nitrogen and oxygen atoms in total. The van der Waals surface area contributed by atoms with Crippen LogP contribution in [0.15, 0.2) is 18.3 Å². The van der Waals surface area contributed by atoms with Crippen molar-refractivity contribution in [3.05, 3.63) is 23.9 Å². The molecule has 0 radical (unpaired) electrons. The van der Waals surface area contributed by atoms with E-state index in [0.717, 1.165) is 6.54 Å². The van der Waals surface area contributed by atoms with Crippen LogP contribution in [0.1, 0.15) is 51.6 Å². The third kappa shape index (κ3) is 4.19. The van der Waals surface area contributed by atoms with Gasteiger partial charge in [0.05, 0.1) is 0 Å². The Labute approximate surface area is 133 Å². The van der Waals surface area contributed by atoms with Crippen molar-refractivity contribution in [3.8, 4) is 0 Å². The summed E-state index contributed by atoms with van der Waals surface area (Å²) < 4.78 is 5.36. The molecule has 0 unspecified atom stereocenters. The molecule has 0 aliphatic carbocycles. The molecule has 1 aliphatic rings. The van der Waals surface area contributed by atoms with Crippen molar-refractivity contribution in [2.45, 2.75) is 51.7 Å². The summed E-state index contributed by atoms with van der Waals surface area (Å²) >= 11 is 0. The first-order chi connectivity index (χ1) is 10.3. The van der Waals surface area contributed by atoms with E-state index in [2.05, 4.69) is 23.0 Å². The first-order valence-corrected chi connectivity index (χ1v) is 7.91. The number of likely N-dealkylation sites (tertiary alicyclic amines) is 1. The lowest BCUT2D eigenvalue weighted by Gasteiger charge is -2.32. The SMILES string of the molecule is CN(C(=O)OC(C)(C)C)c1ccc([C@@H]2CCCCN2C)cn1. The van der Waals surface area contributed by atoms with Crippen LogP contribution in [-0.4, -0.2) is 42.2 Å². The zero-order chi connectivity index (χ0) is 16.3. The van der Waals surface area contributed by atoms with Crippen LogP contribution < -0.4 is 4.90 Å². The monoisotopic (exact) mass is 305 g/mol. The van der Waals surface area contributed by atoms with Gasteiger partial charge in [0.25, 0.3) is 0 Å². The molecule has 1 aromatic heterocycles. The van der Waals surface area contributed by atoms with E-state index in [1.54, 1.807) is 7.05 Å². The van der Waals surface area contributed by atoms with Crippen LogP contribution in [0, 0.1) is 0 Å². The van der Waals surface area contributed by atoms with Gasteiger partial charge in [0.2, 0.25) is 0 Å². The van der Waals surface area contributed by atoms with Gasteiger partial charge in [-0.05, 0) is 58.8 Å². The number of carbonyl (C=O) groups excluding carboxylic acids is 1. The fourth-order valence-electron chi connectivity index (χ4n) is 2.71. The van der Waals surface area contributed by atoms with E-state index in [4.69, 9.17) is 4.74 Å². The first kappa shape index (κ1) is 16.7. The Hall–Kier alpha value is -1.62. The molecule has 22 heavy (non-hydrogen) atoms. The second-order valence-electron chi connectivity index (χ2n) is 6.98. The number of amides is 1. The molecule has 0 aromatic carbocycles. The lowest BCUT2D eigenvalue weighted by atomic mass is 9.97. The quantitative estimate of drug-likeness (QED) is 0.837. The highest BCUT2D eigenvalue weighted by Crippen LogP contribution is 2.29. The summed E-state index contributed by atoms with van der Waals surface area (Å²) in [5.74, 6) is 0.608. The van der Waals surface area contributed by atoms with E-state index < -0.39 is 5.60 Å². The van der Waals surface area contributed by atoms with Gasteiger partial charge >= 0.3 is 6.09 Å². The average molecular weight is 305 g/mol. The summed E-state index contributed by atoms with van der Waals surface area (Å²) in [6, 6.07) is 4.39. The van der Waals surface area contributed by atoms with Crippen molar-refractivity contribution >= 4 is 11.9 Å². The standard InChI is InChI=1S/C17H27N3O2/c1-17(2,3)22-16(21)20(5)15-10-9-13(12-18-15)14-8-6-7-11-19(14)4/h9-10,12,14H,6-8,11H2,1-5H3/t14-/m0/s1. The largest absolute Gasteiger partial charge is 0.443 e. The summed E-state index contributed by atoms with van der Waals surface area (Å²) in [6.45, 7) is 6.70. The van der Waals surface area contributed by atoms with Crippen LogP contribution >= 0.6 is 0 Å². The highest BCUT2D eigenvalue weighted by Gasteiger charge is 2.23. The Kier molecular flexibility index (Phi) is 5.06. The maximum absolute atomic E-state index is 12.1. The minimum Gasteiger partial charge on any atom is -0.443 e. The molecule has 1 fully saturated rings. The highest BCUT2D eigenvalue weighted by molar-refractivity contribution is 5.85. The third-order valence-electron chi connectivity index (χ3n) is 3.94. The van der Waals surface area contributed by atoms with E-state index >= 15 is 0 Å². The number of carbonyl (C=O) groups is 1. The molecule has 0 saturated carbocycles. The summed E-state index contributed by atoms with van der Waals surface area (Å²) in [5.41, 5.74) is 0.708. The first-order valence-electron chi connectivity index (χ1n) is 7.91. The van der Waals surface area contributed by atoms with E-state index in [-0.39, 0.29) is 6.09 Å². The maximum atomic E-state index is 12.1. The predicted octanol–water partition coefficient (Wildman–Crippen LogP) is 3.61. The lowest BCUT2D eigenvalue weighted by molar-refractivity contribution is 0.0588. The minimum absolute atomic E-state index is 0.387. The molecule has 0 spiro atoms. The van der Waals surface area contributed by atoms with Gasteiger partial charge in [-0.1, -0.05) is 12.5 Å². The van der Waals surface area contributed by atoms with Gasteiger partial charge in [-0.3, -0.25) is 9.80 Å². The Morgan fingerprint density at radius 1 is 1.36 bits per heavy atom. The molecule has 1 aromatic rings. The van der Waals surface area contributed by atoms with Crippen LogP contribution in [0.5, 0.6) is 0 Å². The van der Waals surface area contributed by atoms with E-state index in [0.29, 0.717) is 11.9 Å². The second kappa shape index (κ2) is 6.65. The zero-order valence-corrected chi connectivity index (χ0v) is 14.3. The normalized spacial score (nSPS) is 19.8. The summed E-state index contributed by atoms with van der Waals surface area (Å²) in [6.07, 6.45) is 5.18. The molecule has 1 atom stereocenters. The van der Waals surface area contributed by atoms with Gasteiger partial charge in [-0.25, -0.2) is 9.78 Å². The van der Waals surface area contributed by atoms with E-state index in [1.807, 2.05) is 33.0 Å². The van der Waals surface area contributed by atoms with Gasteiger partial charge in [0.15, 0.2) is 0 Å². The number of hydrogen-bond donors (Lipinski definition) is 0. The third-order valence-corrected chi connectivity index (χ3v) is 3.94. The molecular weight excluding hydrogens is 278 g/mol. The summed E-state index contributed by atoms with van der Waals surface area (Å²) in [4.78, 5) is 20.3. The number of hydrogen-bond acceptors (Lipinski definition) is 4. The Morgan fingerprint density at radius 3 is 2.64 bits per heavy atom. The van der Waals surface area contributed by atoms with Crippen LogP contribution in [-0.2, 0) is 4.74 Å². The molecule has 0 bridgehead atoms. The van der Waals surface area contributed by atoms with Gasteiger partial charge < -0.3 is 4.74 Å². The molecular formula is C17H27N3O2. The molecule has 0 N–H and O–H groups in total. The molecule has 1 amide bonds. The maximum Gasteiger partial charge on any atom is 0.415 e. The molecule has 2 rings (SSSR count). The number of piperidine rings is 1. The van der Waals surface area contributed by atoms with E-state index in [9.17, 15) is 4.79 Å². The Balaban J connectivity index is 2.06. The number of ether oxygens (including phenoxy) is 1. The number of rotatable bonds is 2. The van der Waals surface area contributed by atoms with Crippen molar-refractivity contribution < 1.29 is 9.53 Å². The topological polar surface area (TPSA) is 45.7 Å².